The zero-order valence-electron chi connectivity index (χ0n) is 19.7. The van der Waals surface area contributed by atoms with Gasteiger partial charge in [-0.25, -0.2) is 0 Å². The van der Waals surface area contributed by atoms with Crippen LogP contribution in [-0.2, 0) is 42.7 Å². The SMILES string of the molecule is CCCCCC(=O)OCCOCCOCCOCCOCCOCCOCCOCCI. The Morgan fingerprint density at radius 2 is 0.875 bits per heavy atom. The largest absolute Gasteiger partial charge is 0.463 e. The molecule has 0 atom stereocenters. The van der Waals surface area contributed by atoms with Gasteiger partial charge in [-0.15, -0.1) is 0 Å². The van der Waals surface area contributed by atoms with E-state index in [-0.39, 0.29) is 5.97 Å². The number of carbonyl (C=O) groups excluding carboxylic acids is 1. The van der Waals surface area contributed by atoms with Gasteiger partial charge >= 0.3 is 5.97 Å². The van der Waals surface area contributed by atoms with Gasteiger partial charge in [0.1, 0.15) is 6.61 Å². The Kier molecular flexibility index (Phi) is 28.9. The van der Waals surface area contributed by atoms with Crippen molar-refractivity contribution in [2.24, 2.45) is 0 Å². The summed E-state index contributed by atoms with van der Waals surface area (Å²) in [6.07, 6.45) is 3.53. The van der Waals surface area contributed by atoms with Crippen molar-refractivity contribution < 1.29 is 42.7 Å². The Balaban J connectivity index is 3.06. The van der Waals surface area contributed by atoms with Crippen LogP contribution in [0.2, 0.25) is 0 Å². The molecule has 0 spiro atoms. The van der Waals surface area contributed by atoms with E-state index in [9.17, 15) is 4.79 Å². The highest BCUT2D eigenvalue weighted by atomic mass is 127. The summed E-state index contributed by atoms with van der Waals surface area (Å²) in [6.45, 7) is 9.97. The number of rotatable bonds is 27. The zero-order chi connectivity index (χ0) is 23.4. The molecule has 0 aliphatic carbocycles. The summed E-state index contributed by atoms with van der Waals surface area (Å²) in [4.78, 5) is 11.4. The molecular weight excluding hydrogens is 535 g/mol. The number of hydrogen-bond acceptors (Lipinski definition) is 9. The highest BCUT2D eigenvalue weighted by Crippen LogP contribution is 2.00. The molecule has 0 aromatic carbocycles. The molecule has 0 bridgehead atoms. The standard InChI is InChI=1S/C22H43IO9/c1-2-3-4-5-22(24)32-21-20-31-19-18-30-17-16-29-15-14-28-13-12-27-11-10-26-9-8-25-7-6-23/h2-21H2,1H3. The van der Waals surface area contributed by atoms with Crippen LogP contribution in [-0.4, -0.2) is 110 Å². The molecule has 0 aliphatic rings. The molecule has 9 nitrogen and oxygen atoms in total. The van der Waals surface area contributed by atoms with Crippen LogP contribution in [0.15, 0.2) is 0 Å². The van der Waals surface area contributed by atoms with Crippen LogP contribution in [0.5, 0.6) is 0 Å². The minimum absolute atomic E-state index is 0.152. The Labute approximate surface area is 207 Å². The van der Waals surface area contributed by atoms with E-state index in [1.807, 2.05) is 0 Å². The molecule has 0 unspecified atom stereocenters. The van der Waals surface area contributed by atoms with Crippen LogP contribution < -0.4 is 0 Å². The molecule has 32 heavy (non-hydrogen) atoms. The van der Waals surface area contributed by atoms with E-state index in [0.717, 1.165) is 30.3 Å². The van der Waals surface area contributed by atoms with Gasteiger partial charge in [0, 0.05) is 10.8 Å². The summed E-state index contributed by atoms with van der Waals surface area (Å²) < 4.78 is 43.8. The van der Waals surface area contributed by atoms with Crippen molar-refractivity contribution in [2.75, 3.05) is 104 Å². The van der Waals surface area contributed by atoms with Gasteiger partial charge in [0.05, 0.1) is 92.5 Å². The fraction of sp³-hybridized carbons (Fsp3) is 0.955. The Morgan fingerprint density at radius 3 is 1.22 bits per heavy atom. The molecule has 10 heteroatoms. The molecule has 0 fully saturated rings. The van der Waals surface area contributed by atoms with E-state index in [2.05, 4.69) is 29.5 Å². The van der Waals surface area contributed by atoms with Gasteiger partial charge in [-0.05, 0) is 6.42 Å². The van der Waals surface area contributed by atoms with Gasteiger partial charge in [-0.1, -0.05) is 42.4 Å². The van der Waals surface area contributed by atoms with Gasteiger partial charge in [-0.3, -0.25) is 4.79 Å². The molecule has 0 saturated carbocycles. The van der Waals surface area contributed by atoms with Crippen LogP contribution in [0, 0.1) is 0 Å². The van der Waals surface area contributed by atoms with Crippen LogP contribution >= 0.6 is 22.6 Å². The lowest BCUT2D eigenvalue weighted by Gasteiger charge is -2.08. The third kappa shape index (κ3) is 28.0. The molecular formula is C22H43IO9. The lowest BCUT2D eigenvalue weighted by atomic mass is 10.2. The average molecular weight is 578 g/mol. The van der Waals surface area contributed by atoms with Crippen molar-refractivity contribution in [3.8, 4) is 0 Å². The maximum absolute atomic E-state index is 11.4. The summed E-state index contributed by atoms with van der Waals surface area (Å²) >= 11 is 2.27. The van der Waals surface area contributed by atoms with E-state index in [0.29, 0.717) is 98.9 Å². The second-order valence-corrected chi connectivity index (χ2v) is 7.73. The van der Waals surface area contributed by atoms with Crippen molar-refractivity contribution in [1.82, 2.24) is 0 Å². The molecule has 192 valence electrons. The van der Waals surface area contributed by atoms with Crippen molar-refractivity contribution in [1.29, 1.82) is 0 Å². The first-order chi connectivity index (χ1) is 15.8. The summed E-state index contributed by atoms with van der Waals surface area (Å²) in [5.41, 5.74) is 0. The quantitative estimate of drug-likeness (QED) is 0.0632. The number of carbonyl (C=O) groups is 1. The first-order valence-corrected chi connectivity index (χ1v) is 13.1. The number of halogens is 1. The normalized spacial score (nSPS) is 11.2. The zero-order valence-corrected chi connectivity index (χ0v) is 21.9. The van der Waals surface area contributed by atoms with E-state index in [4.69, 9.17) is 37.9 Å². The smallest absolute Gasteiger partial charge is 0.305 e. The first-order valence-electron chi connectivity index (χ1n) is 11.6. The third-order valence-electron chi connectivity index (χ3n) is 3.93. The van der Waals surface area contributed by atoms with E-state index in [1.54, 1.807) is 0 Å². The monoisotopic (exact) mass is 578 g/mol. The van der Waals surface area contributed by atoms with Gasteiger partial charge in [0.15, 0.2) is 0 Å². The first kappa shape index (κ1) is 31.9. The van der Waals surface area contributed by atoms with Crippen molar-refractivity contribution in [3.63, 3.8) is 0 Å². The molecule has 0 N–H and O–H groups in total. The Hall–Kier alpha value is -0.0800. The summed E-state index contributed by atoms with van der Waals surface area (Å²) in [5, 5.41) is 0. The van der Waals surface area contributed by atoms with Gasteiger partial charge < -0.3 is 37.9 Å². The maximum atomic E-state index is 11.4. The number of alkyl halides is 1. The molecule has 0 rings (SSSR count). The number of esters is 1. The minimum Gasteiger partial charge on any atom is -0.463 e. The Bertz CT molecular complexity index is 375. The predicted molar refractivity (Wildman–Crippen MR) is 130 cm³/mol. The van der Waals surface area contributed by atoms with Crippen LogP contribution in [0.1, 0.15) is 32.6 Å². The molecule has 0 saturated heterocycles. The van der Waals surface area contributed by atoms with Gasteiger partial charge in [-0.2, -0.15) is 0 Å². The molecule has 0 amide bonds. The van der Waals surface area contributed by atoms with Crippen molar-refractivity contribution in [3.05, 3.63) is 0 Å². The summed E-state index contributed by atoms with van der Waals surface area (Å²) in [5.74, 6) is -0.152. The number of ether oxygens (including phenoxy) is 8. The van der Waals surface area contributed by atoms with Gasteiger partial charge in [0.2, 0.25) is 0 Å². The van der Waals surface area contributed by atoms with E-state index < -0.39 is 0 Å². The Morgan fingerprint density at radius 1 is 0.531 bits per heavy atom. The third-order valence-corrected chi connectivity index (χ3v) is 4.37. The van der Waals surface area contributed by atoms with Crippen LogP contribution in [0.4, 0.5) is 0 Å². The van der Waals surface area contributed by atoms with Crippen LogP contribution in [0.25, 0.3) is 0 Å². The van der Waals surface area contributed by atoms with Crippen LogP contribution in [0.3, 0.4) is 0 Å². The fourth-order valence-corrected chi connectivity index (χ4v) is 2.59. The topological polar surface area (TPSA) is 90.9 Å². The van der Waals surface area contributed by atoms with E-state index in [1.165, 1.54) is 0 Å². The van der Waals surface area contributed by atoms with Gasteiger partial charge in [0.25, 0.3) is 0 Å². The summed E-state index contributed by atoms with van der Waals surface area (Å²) in [7, 11) is 0. The molecule has 0 radical (unpaired) electrons. The molecule has 0 heterocycles. The lowest BCUT2D eigenvalue weighted by Crippen LogP contribution is -2.15. The highest BCUT2D eigenvalue weighted by molar-refractivity contribution is 14.1. The number of hydrogen-bond donors (Lipinski definition) is 0. The fourth-order valence-electron chi connectivity index (χ4n) is 2.28. The predicted octanol–water partition coefficient (Wildman–Crippen LogP) is 2.66. The molecule has 0 aromatic heterocycles. The average Bonchev–Trinajstić information content (AvgIpc) is 2.79. The number of unbranched alkanes of at least 4 members (excludes halogenated alkanes) is 2. The van der Waals surface area contributed by atoms with Crippen molar-refractivity contribution in [2.45, 2.75) is 32.6 Å². The van der Waals surface area contributed by atoms with Crippen molar-refractivity contribution >= 4 is 28.6 Å². The lowest BCUT2D eigenvalue weighted by molar-refractivity contribution is -0.145. The van der Waals surface area contributed by atoms with E-state index >= 15 is 0 Å². The second-order valence-electron chi connectivity index (χ2n) is 6.65. The minimum atomic E-state index is -0.152. The second kappa shape index (κ2) is 29.0. The maximum Gasteiger partial charge on any atom is 0.305 e. The summed E-state index contributed by atoms with van der Waals surface area (Å²) in [6, 6.07) is 0. The highest BCUT2D eigenvalue weighted by Gasteiger charge is 2.01. The molecule has 0 aliphatic heterocycles. The molecule has 0 aromatic rings.